The van der Waals surface area contributed by atoms with Crippen LogP contribution in [0.15, 0.2) is 24.9 Å². The van der Waals surface area contributed by atoms with Crippen molar-refractivity contribution in [3.63, 3.8) is 0 Å². The van der Waals surface area contributed by atoms with Crippen LogP contribution in [0, 0.1) is 17.8 Å². The summed E-state index contributed by atoms with van der Waals surface area (Å²) in [5, 5.41) is 8.72. The van der Waals surface area contributed by atoms with Crippen molar-refractivity contribution in [3.8, 4) is 0 Å². The Hall–Kier alpha value is -1.90. The van der Waals surface area contributed by atoms with E-state index in [4.69, 9.17) is 9.47 Å². The molecule has 2 aromatic rings. The van der Waals surface area contributed by atoms with Crippen LogP contribution in [0.5, 0.6) is 0 Å². The number of aromatic nitrogens is 5. The Morgan fingerprint density at radius 3 is 2.66 bits per heavy atom. The molecule has 0 unspecified atom stereocenters. The van der Waals surface area contributed by atoms with Crippen molar-refractivity contribution in [1.82, 2.24) is 29.9 Å². The molecule has 0 amide bonds. The van der Waals surface area contributed by atoms with Gasteiger partial charge in [0.15, 0.2) is 0 Å². The lowest BCUT2D eigenvalue weighted by Crippen LogP contribution is -2.38. The third-order valence-electron chi connectivity index (χ3n) is 6.61. The summed E-state index contributed by atoms with van der Waals surface area (Å²) in [5.74, 6) is 2.12. The van der Waals surface area contributed by atoms with E-state index in [1.165, 1.54) is 18.4 Å². The quantitative estimate of drug-likeness (QED) is 0.674. The first-order valence-corrected chi connectivity index (χ1v) is 10.8. The van der Waals surface area contributed by atoms with Gasteiger partial charge >= 0.3 is 0 Å². The van der Waals surface area contributed by atoms with Gasteiger partial charge in [0.25, 0.3) is 0 Å². The third-order valence-corrected chi connectivity index (χ3v) is 6.61. The molecule has 2 aromatic heterocycles. The Kier molecular flexibility index (Phi) is 5.56. The standard InChI is InChI=1S/C21H30N6O2/c1-28-13-19-11-27(25-24-19)20-4-17-9-26(8-16-6-22-14-23-7-16)10-18(17)5-21(20)29-12-15-2-3-15/h6-7,11,14-15,17-18,20-21H,2-5,8-10,12-13H2,1H3/t17-,18+,20-,21-/m1/s1. The molecule has 0 radical (unpaired) electrons. The van der Waals surface area contributed by atoms with E-state index in [1.807, 2.05) is 23.3 Å². The number of hydrogen-bond donors (Lipinski definition) is 0. The fourth-order valence-electron chi connectivity index (χ4n) is 4.98. The normalized spacial score (nSPS) is 29.8. The zero-order valence-corrected chi connectivity index (χ0v) is 17.1. The minimum absolute atomic E-state index is 0.217. The Morgan fingerprint density at radius 2 is 1.90 bits per heavy atom. The molecule has 5 rings (SSSR count). The van der Waals surface area contributed by atoms with Gasteiger partial charge in [-0.25, -0.2) is 14.6 Å². The number of nitrogens with zero attached hydrogens (tertiary/aromatic N) is 6. The molecule has 3 aliphatic rings. The maximum absolute atomic E-state index is 6.45. The van der Waals surface area contributed by atoms with Gasteiger partial charge in [0.1, 0.15) is 12.0 Å². The molecule has 3 fully saturated rings. The van der Waals surface area contributed by atoms with E-state index in [0.29, 0.717) is 18.4 Å². The average molecular weight is 399 g/mol. The predicted molar refractivity (Wildman–Crippen MR) is 106 cm³/mol. The van der Waals surface area contributed by atoms with Gasteiger partial charge < -0.3 is 9.47 Å². The minimum atomic E-state index is 0.217. The smallest absolute Gasteiger partial charge is 0.115 e. The monoisotopic (exact) mass is 398 g/mol. The van der Waals surface area contributed by atoms with Gasteiger partial charge in [0, 0.05) is 51.3 Å². The zero-order chi connectivity index (χ0) is 19.6. The molecule has 156 valence electrons. The number of rotatable bonds is 8. The minimum Gasteiger partial charge on any atom is -0.378 e. The van der Waals surface area contributed by atoms with Gasteiger partial charge in [-0.05, 0) is 43.4 Å². The van der Waals surface area contributed by atoms with E-state index >= 15 is 0 Å². The van der Waals surface area contributed by atoms with Crippen LogP contribution >= 0.6 is 0 Å². The van der Waals surface area contributed by atoms with Crippen LogP contribution in [0.1, 0.15) is 43.0 Å². The second kappa shape index (κ2) is 8.45. The molecule has 0 bridgehead atoms. The molecule has 2 saturated carbocycles. The van der Waals surface area contributed by atoms with Gasteiger partial charge in [0.2, 0.25) is 0 Å². The van der Waals surface area contributed by atoms with Crippen LogP contribution in [0.2, 0.25) is 0 Å². The lowest BCUT2D eigenvalue weighted by molar-refractivity contribution is -0.0376. The second-order valence-electron chi connectivity index (χ2n) is 8.94. The molecule has 3 heterocycles. The molecule has 0 spiro atoms. The highest BCUT2D eigenvalue weighted by atomic mass is 16.5. The Labute approximate surface area is 171 Å². The first kappa shape index (κ1) is 19.1. The van der Waals surface area contributed by atoms with Crippen molar-refractivity contribution in [2.75, 3.05) is 26.8 Å². The molecule has 1 aliphatic heterocycles. The van der Waals surface area contributed by atoms with Gasteiger partial charge in [-0.2, -0.15) is 0 Å². The summed E-state index contributed by atoms with van der Waals surface area (Å²) in [4.78, 5) is 10.9. The summed E-state index contributed by atoms with van der Waals surface area (Å²) in [6.45, 7) is 4.56. The van der Waals surface area contributed by atoms with Crippen molar-refractivity contribution in [1.29, 1.82) is 0 Å². The number of fused-ring (bicyclic) bond motifs is 1. The van der Waals surface area contributed by atoms with E-state index in [-0.39, 0.29) is 12.1 Å². The van der Waals surface area contributed by atoms with E-state index in [1.54, 1.807) is 13.4 Å². The first-order valence-electron chi connectivity index (χ1n) is 10.8. The lowest BCUT2D eigenvalue weighted by atomic mass is 9.77. The zero-order valence-electron chi connectivity index (χ0n) is 17.1. The Morgan fingerprint density at radius 1 is 1.10 bits per heavy atom. The molecular weight excluding hydrogens is 368 g/mol. The largest absolute Gasteiger partial charge is 0.378 e. The van der Waals surface area contributed by atoms with E-state index in [2.05, 4.69) is 25.2 Å². The van der Waals surface area contributed by atoms with Crippen LogP contribution in [0.25, 0.3) is 0 Å². The van der Waals surface area contributed by atoms with Crippen molar-refractivity contribution >= 4 is 0 Å². The Balaban J connectivity index is 1.28. The van der Waals surface area contributed by atoms with Crippen LogP contribution in [0.3, 0.4) is 0 Å². The SMILES string of the molecule is COCc1cn([C@@H]2C[C@@H]3CN(Cc4cncnc4)C[C@@H]3C[C@H]2OCC2CC2)nn1. The third kappa shape index (κ3) is 4.49. The van der Waals surface area contributed by atoms with Gasteiger partial charge in [0.05, 0.1) is 24.9 Å². The highest BCUT2D eigenvalue weighted by molar-refractivity contribution is 5.04. The van der Waals surface area contributed by atoms with E-state index < -0.39 is 0 Å². The number of hydrogen-bond acceptors (Lipinski definition) is 7. The van der Waals surface area contributed by atoms with Crippen molar-refractivity contribution in [3.05, 3.63) is 36.2 Å². The van der Waals surface area contributed by atoms with Gasteiger partial charge in [-0.15, -0.1) is 5.10 Å². The second-order valence-corrected chi connectivity index (χ2v) is 8.94. The summed E-state index contributed by atoms with van der Waals surface area (Å²) in [6, 6.07) is 0.258. The number of methoxy groups -OCH3 is 1. The first-order chi connectivity index (χ1) is 14.3. The van der Waals surface area contributed by atoms with E-state index in [9.17, 15) is 0 Å². The lowest BCUT2D eigenvalue weighted by Gasteiger charge is -2.37. The molecule has 2 aliphatic carbocycles. The number of ether oxygens (including phenoxy) is 2. The van der Waals surface area contributed by atoms with Crippen LogP contribution in [0.4, 0.5) is 0 Å². The molecule has 4 atom stereocenters. The molecule has 1 saturated heterocycles. The fraction of sp³-hybridized carbons (Fsp3) is 0.714. The molecular formula is C21H30N6O2. The predicted octanol–water partition coefficient (Wildman–Crippen LogP) is 2.09. The summed E-state index contributed by atoms with van der Waals surface area (Å²) < 4.78 is 13.7. The fourth-order valence-corrected chi connectivity index (χ4v) is 4.98. The maximum Gasteiger partial charge on any atom is 0.115 e. The van der Waals surface area contributed by atoms with Crippen molar-refractivity contribution in [2.24, 2.45) is 17.8 Å². The average Bonchev–Trinajstić information content (AvgIpc) is 3.31. The molecule has 8 nitrogen and oxygen atoms in total. The molecule has 8 heteroatoms. The van der Waals surface area contributed by atoms with Crippen LogP contribution in [-0.2, 0) is 22.6 Å². The molecule has 0 N–H and O–H groups in total. The van der Waals surface area contributed by atoms with Crippen LogP contribution < -0.4 is 0 Å². The highest BCUT2D eigenvalue weighted by Gasteiger charge is 2.44. The molecule has 29 heavy (non-hydrogen) atoms. The topological polar surface area (TPSA) is 78.2 Å². The highest BCUT2D eigenvalue weighted by Crippen LogP contribution is 2.43. The molecule has 0 aromatic carbocycles. The van der Waals surface area contributed by atoms with Crippen LogP contribution in [-0.4, -0.2) is 62.8 Å². The Bertz CT molecular complexity index is 795. The number of likely N-dealkylation sites (tertiary alicyclic amines) is 1. The summed E-state index contributed by atoms with van der Waals surface area (Å²) in [6.07, 6.45) is 12.5. The summed E-state index contributed by atoms with van der Waals surface area (Å²) in [7, 11) is 1.69. The maximum atomic E-state index is 6.45. The van der Waals surface area contributed by atoms with Gasteiger partial charge in [-0.1, -0.05) is 5.21 Å². The van der Waals surface area contributed by atoms with Crippen molar-refractivity contribution in [2.45, 2.75) is 51.0 Å². The summed E-state index contributed by atoms with van der Waals surface area (Å²) >= 11 is 0. The van der Waals surface area contributed by atoms with E-state index in [0.717, 1.165) is 50.7 Å². The van der Waals surface area contributed by atoms with Crippen molar-refractivity contribution < 1.29 is 9.47 Å². The van der Waals surface area contributed by atoms with Gasteiger partial charge in [-0.3, -0.25) is 4.90 Å². The summed E-state index contributed by atoms with van der Waals surface area (Å²) in [5.41, 5.74) is 2.07.